The van der Waals surface area contributed by atoms with E-state index in [4.69, 9.17) is 0 Å². The lowest BCUT2D eigenvalue weighted by Crippen LogP contribution is -2.32. The lowest BCUT2D eigenvalue weighted by molar-refractivity contribution is -0.121. The number of hydrogen-bond acceptors (Lipinski definition) is 2. The fourth-order valence-electron chi connectivity index (χ4n) is 1.99. The van der Waals surface area contributed by atoms with Crippen LogP contribution >= 0.6 is 0 Å². The minimum absolute atomic E-state index is 0.0370. The predicted octanol–water partition coefficient (Wildman–Crippen LogP) is 2.06. The van der Waals surface area contributed by atoms with Gasteiger partial charge in [0.25, 0.3) is 5.91 Å². The molecule has 0 bridgehead atoms. The van der Waals surface area contributed by atoms with E-state index in [0.717, 1.165) is 10.9 Å². The number of fused-ring (bicyclic) bond motifs is 1. The van der Waals surface area contributed by atoms with Gasteiger partial charge in [-0.25, -0.2) is 0 Å². The minimum Gasteiger partial charge on any atom is -0.361 e. The molecule has 5 nitrogen and oxygen atoms in total. The molecule has 0 unspecified atom stereocenters. The van der Waals surface area contributed by atoms with Crippen LogP contribution in [-0.4, -0.2) is 29.9 Å². The highest BCUT2D eigenvalue weighted by molar-refractivity contribution is 5.98. The Labute approximate surface area is 124 Å². The highest BCUT2D eigenvalue weighted by Crippen LogP contribution is 2.14. The Morgan fingerprint density at radius 1 is 1.19 bits per heavy atom. The van der Waals surface area contributed by atoms with Crippen molar-refractivity contribution in [1.82, 2.24) is 15.6 Å². The second-order valence-electron chi connectivity index (χ2n) is 5.48. The van der Waals surface area contributed by atoms with E-state index in [-0.39, 0.29) is 11.8 Å². The van der Waals surface area contributed by atoms with E-state index in [1.807, 2.05) is 38.2 Å². The average Bonchev–Trinajstić information content (AvgIpc) is 2.92. The molecule has 0 aliphatic rings. The number of rotatable bonds is 6. The lowest BCUT2D eigenvalue weighted by atomic mass is 10.1. The van der Waals surface area contributed by atoms with Crippen LogP contribution in [0.1, 0.15) is 30.6 Å². The van der Waals surface area contributed by atoms with Crippen molar-refractivity contribution in [3.05, 3.63) is 36.0 Å². The number of aromatic nitrogens is 1. The molecule has 0 atom stereocenters. The van der Waals surface area contributed by atoms with E-state index in [1.54, 1.807) is 6.07 Å². The zero-order chi connectivity index (χ0) is 15.2. The molecule has 1 aromatic carbocycles. The lowest BCUT2D eigenvalue weighted by Gasteiger charge is -2.08. The first-order chi connectivity index (χ1) is 10.1. The number of amides is 2. The van der Waals surface area contributed by atoms with Crippen molar-refractivity contribution in [1.29, 1.82) is 0 Å². The fourth-order valence-corrected chi connectivity index (χ4v) is 1.99. The van der Waals surface area contributed by atoms with Crippen LogP contribution in [0.5, 0.6) is 0 Å². The van der Waals surface area contributed by atoms with E-state index in [2.05, 4.69) is 15.6 Å². The summed E-state index contributed by atoms with van der Waals surface area (Å²) in [5.74, 6) is 0.233. The van der Waals surface area contributed by atoms with E-state index >= 15 is 0 Å². The maximum atomic E-state index is 12.0. The molecule has 0 saturated carbocycles. The molecule has 1 heterocycles. The molecule has 0 fully saturated rings. The summed E-state index contributed by atoms with van der Waals surface area (Å²) < 4.78 is 0. The summed E-state index contributed by atoms with van der Waals surface area (Å²) in [6.07, 6.45) is 2.14. The second-order valence-corrected chi connectivity index (χ2v) is 5.48. The monoisotopic (exact) mass is 287 g/mol. The molecule has 5 heteroatoms. The van der Waals surface area contributed by atoms with E-state index in [9.17, 15) is 9.59 Å². The molecule has 3 N–H and O–H groups in total. The first-order valence-electron chi connectivity index (χ1n) is 7.18. The van der Waals surface area contributed by atoms with E-state index < -0.39 is 0 Å². The van der Waals surface area contributed by atoms with Crippen LogP contribution in [0.25, 0.3) is 10.9 Å². The molecule has 0 radical (unpaired) electrons. The van der Waals surface area contributed by atoms with Gasteiger partial charge in [-0.2, -0.15) is 0 Å². The van der Waals surface area contributed by atoms with Crippen LogP contribution in [0.4, 0.5) is 0 Å². The fraction of sp³-hybridized carbons (Fsp3) is 0.375. The normalized spacial score (nSPS) is 10.8. The van der Waals surface area contributed by atoms with Crippen molar-refractivity contribution in [2.45, 2.75) is 20.3 Å². The van der Waals surface area contributed by atoms with Crippen LogP contribution in [0.3, 0.4) is 0 Å². The Morgan fingerprint density at radius 2 is 2.00 bits per heavy atom. The van der Waals surface area contributed by atoms with Gasteiger partial charge in [-0.15, -0.1) is 0 Å². The van der Waals surface area contributed by atoms with Gasteiger partial charge in [0, 0.05) is 42.2 Å². The van der Waals surface area contributed by atoms with E-state index in [1.165, 1.54) is 0 Å². The van der Waals surface area contributed by atoms with Gasteiger partial charge in [0.2, 0.25) is 5.91 Å². The third-order valence-electron chi connectivity index (χ3n) is 3.16. The molecular formula is C16H21N3O2. The highest BCUT2D eigenvalue weighted by atomic mass is 16.2. The molecule has 112 valence electrons. The SMILES string of the molecule is CC(C)CNC(=O)CCNC(=O)c1ccc2[nH]ccc2c1. The summed E-state index contributed by atoms with van der Waals surface area (Å²) in [5, 5.41) is 6.58. The molecule has 2 aromatic rings. The van der Waals surface area contributed by atoms with Crippen LogP contribution < -0.4 is 10.6 Å². The van der Waals surface area contributed by atoms with Crippen molar-refractivity contribution in [2.24, 2.45) is 5.92 Å². The number of nitrogens with one attached hydrogen (secondary N) is 3. The third kappa shape index (κ3) is 4.34. The van der Waals surface area contributed by atoms with Gasteiger partial charge in [-0.3, -0.25) is 9.59 Å². The van der Waals surface area contributed by atoms with Gasteiger partial charge in [-0.05, 0) is 30.2 Å². The number of carbonyl (C=O) groups is 2. The average molecular weight is 287 g/mol. The predicted molar refractivity (Wildman–Crippen MR) is 83.1 cm³/mol. The maximum Gasteiger partial charge on any atom is 0.251 e. The first-order valence-corrected chi connectivity index (χ1v) is 7.18. The molecule has 0 aliphatic carbocycles. The van der Waals surface area contributed by atoms with Crippen LogP contribution in [0, 0.1) is 5.92 Å². The summed E-state index contributed by atoms with van der Waals surface area (Å²) in [5.41, 5.74) is 1.60. The zero-order valence-corrected chi connectivity index (χ0v) is 12.4. The Bertz CT molecular complexity index is 631. The second kappa shape index (κ2) is 6.92. The summed E-state index contributed by atoms with van der Waals surface area (Å²) >= 11 is 0. The Kier molecular flexibility index (Phi) is 4.98. The molecule has 2 amide bonds. The van der Waals surface area contributed by atoms with E-state index in [0.29, 0.717) is 31.0 Å². The maximum absolute atomic E-state index is 12.0. The summed E-state index contributed by atoms with van der Waals surface area (Å²) in [6, 6.07) is 7.40. The van der Waals surface area contributed by atoms with Crippen molar-refractivity contribution < 1.29 is 9.59 Å². The van der Waals surface area contributed by atoms with Gasteiger partial charge in [0.05, 0.1) is 0 Å². The Hall–Kier alpha value is -2.30. The summed E-state index contributed by atoms with van der Waals surface area (Å²) in [4.78, 5) is 26.6. The topological polar surface area (TPSA) is 74.0 Å². The number of H-pyrrole nitrogens is 1. The van der Waals surface area contributed by atoms with Crippen molar-refractivity contribution >= 4 is 22.7 Å². The number of aromatic amines is 1. The van der Waals surface area contributed by atoms with Crippen molar-refractivity contribution in [3.8, 4) is 0 Å². The Morgan fingerprint density at radius 3 is 2.76 bits per heavy atom. The number of hydrogen-bond donors (Lipinski definition) is 3. The third-order valence-corrected chi connectivity index (χ3v) is 3.16. The van der Waals surface area contributed by atoms with Crippen molar-refractivity contribution in [2.75, 3.05) is 13.1 Å². The summed E-state index contributed by atoms with van der Waals surface area (Å²) in [7, 11) is 0. The molecule has 0 aliphatic heterocycles. The van der Waals surface area contributed by atoms with Gasteiger partial charge in [0.1, 0.15) is 0 Å². The van der Waals surface area contributed by atoms with Gasteiger partial charge in [-0.1, -0.05) is 13.8 Å². The highest BCUT2D eigenvalue weighted by Gasteiger charge is 2.08. The molecule has 0 spiro atoms. The quantitative estimate of drug-likeness (QED) is 0.761. The molecule has 0 saturated heterocycles. The molecule has 21 heavy (non-hydrogen) atoms. The number of benzene rings is 1. The zero-order valence-electron chi connectivity index (χ0n) is 12.4. The van der Waals surface area contributed by atoms with Crippen LogP contribution in [-0.2, 0) is 4.79 Å². The molecule has 1 aromatic heterocycles. The smallest absolute Gasteiger partial charge is 0.251 e. The molecule has 2 rings (SSSR count). The largest absolute Gasteiger partial charge is 0.361 e. The number of carbonyl (C=O) groups excluding carboxylic acids is 2. The van der Waals surface area contributed by atoms with Gasteiger partial charge >= 0.3 is 0 Å². The minimum atomic E-state index is -0.158. The summed E-state index contributed by atoms with van der Waals surface area (Å²) in [6.45, 7) is 5.09. The standard InChI is InChI=1S/C16H21N3O2/c1-11(2)10-19-15(20)6-8-18-16(21)13-3-4-14-12(9-13)5-7-17-14/h3-5,7,9,11,17H,6,8,10H2,1-2H3,(H,18,21)(H,19,20). The first kappa shape index (κ1) is 15.1. The van der Waals surface area contributed by atoms with Crippen LogP contribution in [0.2, 0.25) is 0 Å². The van der Waals surface area contributed by atoms with Gasteiger partial charge < -0.3 is 15.6 Å². The van der Waals surface area contributed by atoms with Crippen LogP contribution in [0.15, 0.2) is 30.5 Å². The van der Waals surface area contributed by atoms with Crippen molar-refractivity contribution in [3.63, 3.8) is 0 Å². The van der Waals surface area contributed by atoms with Gasteiger partial charge in [0.15, 0.2) is 0 Å². The Balaban J connectivity index is 1.80. The molecular weight excluding hydrogens is 266 g/mol.